The Kier molecular flexibility index (Phi) is 5.74. The summed E-state index contributed by atoms with van der Waals surface area (Å²) in [6.07, 6.45) is 3.57. The number of aryl methyl sites for hydroxylation is 1. The van der Waals surface area contributed by atoms with Gasteiger partial charge in [0.25, 0.3) is 0 Å². The van der Waals surface area contributed by atoms with Crippen LogP contribution in [0.3, 0.4) is 0 Å². The first-order valence-corrected chi connectivity index (χ1v) is 8.17. The van der Waals surface area contributed by atoms with Crippen LogP contribution in [0.25, 0.3) is 0 Å². The smallest absolute Gasteiger partial charge is 0.0644 e. The Morgan fingerprint density at radius 2 is 2.04 bits per heavy atom. The zero-order valence-electron chi connectivity index (χ0n) is 14.9. The third kappa shape index (κ3) is 4.44. The minimum absolute atomic E-state index is 0.340. The van der Waals surface area contributed by atoms with E-state index in [1.165, 1.54) is 5.56 Å². The molecule has 0 aliphatic carbocycles. The molecular formula is C20H26N4. The lowest BCUT2D eigenvalue weighted by molar-refractivity contribution is 0.676. The maximum absolute atomic E-state index is 8.17. The van der Waals surface area contributed by atoms with E-state index in [-0.39, 0.29) is 0 Å². The molecule has 0 aliphatic heterocycles. The van der Waals surface area contributed by atoms with Crippen molar-refractivity contribution >= 4 is 11.4 Å². The predicted molar refractivity (Wildman–Crippen MR) is 102 cm³/mol. The van der Waals surface area contributed by atoms with Gasteiger partial charge in [0.2, 0.25) is 0 Å². The highest BCUT2D eigenvalue weighted by Gasteiger charge is 2.10. The quantitative estimate of drug-likeness (QED) is 0.557. The van der Waals surface area contributed by atoms with Gasteiger partial charge in [-0.25, -0.2) is 0 Å². The average Bonchev–Trinajstić information content (AvgIpc) is 2.55. The topological polar surface area (TPSA) is 74.8 Å². The first-order chi connectivity index (χ1) is 11.4. The molecule has 0 bridgehead atoms. The van der Waals surface area contributed by atoms with Crippen LogP contribution in [-0.2, 0) is 0 Å². The lowest BCUT2D eigenvalue weighted by Crippen LogP contribution is -2.19. The summed E-state index contributed by atoms with van der Waals surface area (Å²) in [6.45, 7) is 8.96. The van der Waals surface area contributed by atoms with Crippen molar-refractivity contribution in [3.05, 3.63) is 70.7 Å². The predicted octanol–water partition coefficient (Wildman–Crippen LogP) is 3.95. The van der Waals surface area contributed by atoms with Crippen LogP contribution in [0, 0.1) is 19.3 Å². The van der Waals surface area contributed by atoms with Crippen LogP contribution in [0.5, 0.6) is 0 Å². The Balaban J connectivity index is 1.99. The zero-order valence-corrected chi connectivity index (χ0v) is 14.9. The van der Waals surface area contributed by atoms with E-state index in [9.17, 15) is 0 Å². The molecule has 2 rings (SSSR count). The molecule has 0 aliphatic rings. The second-order valence-electron chi connectivity index (χ2n) is 6.27. The van der Waals surface area contributed by atoms with Crippen LogP contribution < -0.4 is 11.1 Å². The van der Waals surface area contributed by atoms with E-state index in [4.69, 9.17) is 11.1 Å². The minimum Gasteiger partial charge on any atom is -0.399 e. The maximum atomic E-state index is 8.17. The SMILES string of the molecule is C/C(=C\C(=N)c1ccc(C)nc1)NCC(C)c1cccc(N)c1C. The molecule has 2 aromatic rings. The fourth-order valence-corrected chi connectivity index (χ4v) is 2.61. The molecule has 0 spiro atoms. The molecule has 0 radical (unpaired) electrons. The van der Waals surface area contributed by atoms with Gasteiger partial charge in [0.15, 0.2) is 0 Å². The molecule has 0 saturated heterocycles. The van der Waals surface area contributed by atoms with Gasteiger partial charge in [0.1, 0.15) is 0 Å². The number of hydrogen-bond acceptors (Lipinski definition) is 4. The number of pyridine rings is 1. The molecule has 0 amide bonds. The van der Waals surface area contributed by atoms with E-state index in [2.05, 4.69) is 30.2 Å². The van der Waals surface area contributed by atoms with Crippen molar-refractivity contribution in [2.24, 2.45) is 0 Å². The van der Waals surface area contributed by atoms with Gasteiger partial charge >= 0.3 is 0 Å². The van der Waals surface area contributed by atoms with Crippen molar-refractivity contribution in [3.8, 4) is 0 Å². The molecule has 126 valence electrons. The Labute approximate surface area is 144 Å². The molecule has 4 nitrogen and oxygen atoms in total. The lowest BCUT2D eigenvalue weighted by atomic mass is 9.95. The van der Waals surface area contributed by atoms with Crippen LogP contribution in [0.2, 0.25) is 0 Å². The number of nitrogens with one attached hydrogen (secondary N) is 2. The summed E-state index contributed by atoms with van der Waals surface area (Å²) in [5.74, 6) is 0.340. The average molecular weight is 322 g/mol. The summed E-state index contributed by atoms with van der Waals surface area (Å²) in [6, 6.07) is 9.90. The molecule has 1 atom stereocenters. The largest absolute Gasteiger partial charge is 0.399 e. The van der Waals surface area contributed by atoms with Crippen molar-refractivity contribution in [1.82, 2.24) is 10.3 Å². The lowest BCUT2D eigenvalue weighted by Gasteiger charge is -2.17. The number of anilines is 1. The molecule has 4 heteroatoms. The van der Waals surface area contributed by atoms with E-state index in [0.29, 0.717) is 11.6 Å². The molecule has 1 heterocycles. The van der Waals surface area contributed by atoms with Crippen molar-refractivity contribution < 1.29 is 0 Å². The van der Waals surface area contributed by atoms with E-state index in [1.807, 2.05) is 44.2 Å². The number of allylic oxidation sites excluding steroid dienone is 2. The van der Waals surface area contributed by atoms with Crippen LogP contribution in [0.4, 0.5) is 5.69 Å². The van der Waals surface area contributed by atoms with Gasteiger partial charge in [0.05, 0.1) is 5.71 Å². The van der Waals surface area contributed by atoms with Gasteiger partial charge < -0.3 is 16.5 Å². The number of nitrogens with two attached hydrogens (primary N) is 1. The van der Waals surface area contributed by atoms with Gasteiger partial charge in [-0.2, -0.15) is 0 Å². The first kappa shape index (κ1) is 17.7. The highest BCUT2D eigenvalue weighted by molar-refractivity contribution is 6.06. The molecular weight excluding hydrogens is 296 g/mol. The Bertz CT molecular complexity index is 745. The Morgan fingerprint density at radius 1 is 1.29 bits per heavy atom. The third-order valence-electron chi connectivity index (χ3n) is 4.22. The van der Waals surface area contributed by atoms with E-state index >= 15 is 0 Å². The standard InChI is InChI=1S/C20H26N4/c1-13(18-6-5-7-19(21)16(18)4)11-23-15(3)10-20(22)17-9-8-14(2)24-12-17/h5-10,12-13,22-23H,11,21H2,1-4H3/b15-10+,22-20?. The van der Waals surface area contributed by atoms with Gasteiger partial charge in [-0.15, -0.1) is 0 Å². The third-order valence-corrected chi connectivity index (χ3v) is 4.22. The summed E-state index contributed by atoms with van der Waals surface area (Å²) >= 11 is 0. The van der Waals surface area contributed by atoms with Gasteiger partial charge in [0, 0.05) is 35.4 Å². The zero-order chi connectivity index (χ0) is 17.7. The highest BCUT2D eigenvalue weighted by Crippen LogP contribution is 2.23. The number of benzene rings is 1. The number of hydrogen-bond donors (Lipinski definition) is 3. The molecule has 4 N–H and O–H groups in total. The summed E-state index contributed by atoms with van der Waals surface area (Å²) in [7, 11) is 0. The number of aromatic nitrogens is 1. The highest BCUT2D eigenvalue weighted by atomic mass is 14.9. The molecule has 1 unspecified atom stereocenters. The van der Waals surface area contributed by atoms with Gasteiger partial charge in [-0.3, -0.25) is 4.98 Å². The molecule has 0 saturated carbocycles. The first-order valence-electron chi connectivity index (χ1n) is 8.17. The van der Waals surface area contributed by atoms with Crippen LogP contribution in [0.15, 0.2) is 48.3 Å². The molecule has 24 heavy (non-hydrogen) atoms. The second-order valence-corrected chi connectivity index (χ2v) is 6.27. The minimum atomic E-state index is 0.340. The van der Waals surface area contributed by atoms with E-state index in [1.54, 1.807) is 6.20 Å². The van der Waals surface area contributed by atoms with E-state index < -0.39 is 0 Å². The summed E-state index contributed by atoms with van der Waals surface area (Å²) in [5, 5.41) is 11.6. The van der Waals surface area contributed by atoms with Crippen molar-refractivity contribution in [3.63, 3.8) is 0 Å². The normalized spacial score (nSPS) is 12.8. The van der Waals surface area contributed by atoms with Crippen molar-refractivity contribution in [2.45, 2.75) is 33.6 Å². The van der Waals surface area contributed by atoms with Crippen molar-refractivity contribution in [1.29, 1.82) is 5.41 Å². The van der Waals surface area contributed by atoms with Gasteiger partial charge in [-0.1, -0.05) is 19.1 Å². The summed E-state index contributed by atoms with van der Waals surface area (Å²) in [4.78, 5) is 4.24. The fraction of sp³-hybridized carbons (Fsp3) is 0.300. The second kappa shape index (κ2) is 7.77. The maximum Gasteiger partial charge on any atom is 0.0644 e. The number of rotatable bonds is 6. The van der Waals surface area contributed by atoms with Crippen LogP contribution in [0.1, 0.15) is 42.1 Å². The van der Waals surface area contributed by atoms with E-state index in [0.717, 1.165) is 34.8 Å². The van der Waals surface area contributed by atoms with Gasteiger partial charge in [-0.05, 0) is 62.1 Å². The fourth-order valence-electron chi connectivity index (χ4n) is 2.61. The summed E-state index contributed by atoms with van der Waals surface area (Å²) < 4.78 is 0. The monoisotopic (exact) mass is 322 g/mol. The van der Waals surface area contributed by atoms with Crippen LogP contribution in [-0.4, -0.2) is 17.2 Å². The molecule has 1 aromatic carbocycles. The molecule has 1 aromatic heterocycles. The number of nitrogen functional groups attached to an aromatic ring is 1. The summed E-state index contributed by atoms with van der Waals surface area (Å²) in [5.41, 5.74) is 12.4. The molecule has 0 fully saturated rings. The van der Waals surface area contributed by atoms with Crippen LogP contribution >= 0.6 is 0 Å². The van der Waals surface area contributed by atoms with Crippen molar-refractivity contribution in [2.75, 3.05) is 12.3 Å². The Morgan fingerprint density at radius 3 is 2.71 bits per heavy atom. The Hall–Kier alpha value is -2.62. The number of nitrogens with zero attached hydrogens (tertiary/aromatic N) is 1.